The molecule has 0 atom stereocenters. The standard InChI is InChI=1S/C24H30FN5O2/c1-2-3-5-17-8-10-18(11-9-17)24(31)26-14-15-32-22-13-12-21-27-28-23(30(21)29-22)19-6-4-7-20(25)16-19/h4,6-7,12-13,16-18H,2-3,5,8-11,14-15H2,1H3,(H,26,31). The van der Waals surface area contributed by atoms with E-state index >= 15 is 0 Å². The number of halogens is 1. The Morgan fingerprint density at radius 2 is 2.03 bits per heavy atom. The van der Waals surface area contributed by atoms with Gasteiger partial charge in [0.05, 0.1) is 6.54 Å². The molecule has 2 aromatic heterocycles. The maximum atomic E-state index is 13.6. The maximum absolute atomic E-state index is 13.6. The van der Waals surface area contributed by atoms with Gasteiger partial charge in [-0.25, -0.2) is 4.39 Å². The Labute approximate surface area is 187 Å². The van der Waals surface area contributed by atoms with Crippen LogP contribution in [0.3, 0.4) is 0 Å². The third-order valence-electron chi connectivity index (χ3n) is 6.16. The number of ether oxygens (including phenoxy) is 1. The minimum absolute atomic E-state index is 0.119. The summed E-state index contributed by atoms with van der Waals surface area (Å²) >= 11 is 0. The van der Waals surface area contributed by atoms with Crippen LogP contribution in [0, 0.1) is 17.7 Å². The van der Waals surface area contributed by atoms with Gasteiger partial charge in [-0.05, 0) is 49.8 Å². The summed E-state index contributed by atoms with van der Waals surface area (Å²) in [7, 11) is 0. The van der Waals surface area contributed by atoms with Crippen molar-refractivity contribution in [3.05, 3.63) is 42.2 Å². The third kappa shape index (κ3) is 5.41. The highest BCUT2D eigenvalue weighted by molar-refractivity contribution is 5.78. The van der Waals surface area contributed by atoms with Gasteiger partial charge in [0, 0.05) is 17.5 Å². The number of carbonyl (C=O) groups excluding carboxylic acids is 1. The Hall–Kier alpha value is -3.03. The van der Waals surface area contributed by atoms with Gasteiger partial charge in [-0.2, -0.15) is 4.52 Å². The second-order valence-electron chi connectivity index (χ2n) is 8.47. The van der Waals surface area contributed by atoms with Gasteiger partial charge in [-0.1, -0.05) is 38.3 Å². The van der Waals surface area contributed by atoms with Crippen molar-refractivity contribution < 1.29 is 13.9 Å². The van der Waals surface area contributed by atoms with Gasteiger partial charge in [-0.3, -0.25) is 4.79 Å². The summed E-state index contributed by atoms with van der Waals surface area (Å²) in [6.45, 7) is 2.96. The van der Waals surface area contributed by atoms with Crippen molar-refractivity contribution in [2.75, 3.05) is 13.2 Å². The Morgan fingerprint density at radius 3 is 2.81 bits per heavy atom. The number of rotatable bonds is 9. The molecule has 1 aromatic carbocycles. The molecule has 1 aliphatic rings. The van der Waals surface area contributed by atoms with Crippen LogP contribution in [0.25, 0.3) is 17.0 Å². The third-order valence-corrected chi connectivity index (χ3v) is 6.16. The molecule has 2 heterocycles. The van der Waals surface area contributed by atoms with Crippen LogP contribution >= 0.6 is 0 Å². The normalized spacial score (nSPS) is 18.6. The summed E-state index contributed by atoms with van der Waals surface area (Å²) in [5.74, 6) is 1.51. The first-order valence-electron chi connectivity index (χ1n) is 11.5. The van der Waals surface area contributed by atoms with Crippen molar-refractivity contribution in [3.63, 3.8) is 0 Å². The number of hydrogen-bond acceptors (Lipinski definition) is 5. The van der Waals surface area contributed by atoms with Gasteiger partial charge in [0.1, 0.15) is 12.4 Å². The Bertz CT molecular complexity index is 1050. The summed E-state index contributed by atoms with van der Waals surface area (Å²) in [6.07, 6.45) is 8.11. The number of carbonyl (C=O) groups is 1. The van der Waals surface area contributed by atoms with E-state index in [1.54, 1.807) is 24.3 Å². The molecule has 7 nitrogen and oxygen atoms in total. The van der Waals surface area contributed by atoms with Crippen molar-refractivity contribution in [1.29, 1.82) is 0 Å². The Morgan fingerprint density at radius 1 is 1.19 bits per heavy atom. The highest BCUT2D eigenvalue weighted by atomic mass is 19.1. The summed E-state index contributed by atoms with van der Waals surface area (Å²) in [5.41, 5.74) is 1.12. The van der Waals surface area contributed by atoms with E-state index in [4.69, 9.17) is 4.74 Å². The molecule has 1 aliphatic carbocycles. The van der Waals surface area contributed by atoms with E-state index in [2.05, 4.69) is 27.5 Å². The second-order valence-corrected chi connectivity index (χ2v) is 8.47. The van der Waals surface area contributed by atoms with Gasteiger partial charge in [0.25, 0.3) is 0 Å². The molecule has 3 aromatic rings. The topological polar surface area (TPSA) is 81.4 Å². The summed E-state index contributed by atoms with van der Waals surface area (Å²) in [5, 5.41) is 15.6. The molecule has 0 saturated heterocycles. The van der Waals surface area contributed by atoms with E-state index in [1.165, 1.54) is 35.9 Å². The molecule has 0 spiro atoms. The van der Waals surface area contributed by atoms with E-state index < -0.39 is 0 Å². The van der Waals surface area contributed by atoms with Gasteiger partial charge in [-0.15, -0.1) is 15.3 Å². The first-order valence-corrected chi connectivity index (χ1v) is 11.5. The molecule has 0 bridgehead atoms. The lowest BCUT2D eigenvalue weighted by Crippen LogP contribution is -2.35. The second kappa shape index (κ2) is 10.5. The average molecular weight is 440 g/mol. The maximum Gasteiger partial charge on any atom is 0.231 e. The van der Waals surface area contributed by atoms with Gasteiger partial charge in [0.2, 0.25) is 11.8 Å². The number of amides is 1. The van der Waals surface area contributed by atoms with Gasteiger partial charge >= 0.3 is 0 Å². The summed E-state index contributed by atoms with van der Waals surface area (Å²) in [6, 6.07) is 9.58. The highest BCUT2D eigenvalue weighted by Gasteiger charge is 2.25. The number of aromatic nitrogens is 4. The van der Waals surface area contributed by atoms with E-state index in [0.29, 0.717) is 36.1 Å². The molecule has 170 valence electrons. The fourth-order valence-electron chi connectivity index (χ4n) is 4.34. The quantitative estimate of drug-likeness (QED) is 0.499. The fourth-order valence-corrected chi connectivity index (χ4v) is 4.34. The SMILES string of the molecule is CCCCC1CCC(C(=O)NCCOc2ccc3nnc(-c4cccc(F)c4)n3n2)CC1. The van der Waals surface area contributed by atoms with Crippen molar-refractivity contribution >= 4 is 11.6 Å². The average Bonchev–Trinajstić information content (AvgIpc) is 3.24. The van der Waals surface area contributed by atoms with Crippen LogP contribution in [0.1, 0.15) is 51.9 Å². The predicted molar refractivity (Wildman–Crippen MR) is 120 cm³/mol. The minimum atomic E-state index is -0.350. The van der Waals surface area contributed by atoms with Crippen LogP contribution in [-0.2, 0) is 4.79 Å². The minimum Gasteiger partial charge on any atom is -0.475 e. The molecular weight excluding hydrogens is 409 g/mol. The largest absolute Gasteiger partial charge is 0.475 e. The molecule has 32 heavy (non-hydrogen) atoms. The molecule has 0 unspecified atom stereocenters. The lowest BCUT2D eigenvalue weighted by Gasteiger charge is -2.27. The van der Waals surface area contributed by atoms with Crippen LogP contribution in [0.2, 0.25) is 0 Å². The number of hydrogen-bond donors (Lipinski definition) is 1. The number of unbranched alkanes of at least 4 members (excludes halogenated alkanes) is 1. The summed E-state index contributed by atoms with van der Waals surface area (Å²) < 4.78 is 20.8. The molecule has 8 heteroatoms. The van der Waals surface area contributed by atoms with E-state index in [1.807, 2.05) is 0 Å². The van der Waals surface area contributed by atoms with Crippen molar-refractivity contribution in [2.45, 2.75) is 51.9 Å². The molecule has 1 saturated carbocycles. The number of fused-ring (bicyclic) bond motifs is 1. The lowest BCUT2D eigenvalue weighted by atomic mass is 9.79. The van der Waals surface area contributed by atoms with Crippen molar-refractivity contribution in [3.8, 4) is 17.3 Å². The smallest absolute Gasteiger partial charge is 0.231 e. The van der Waals surface area contributed by atoms with Crippen LogP contribution in [0.5, 0.6) is 5.88 Å². The number of benzene rings is 1. The highest BCUT2D eigenvalue weighted by Crippen LogP contribution is 2.31. The Kier molecular flexibility index (Phi) is 7.29. The van der Waals surface area contributed by atoms with Gasteiger partial charge < -0.3 is 10.1 Å². The van der Waals surface area contributed by atoms with E-state index in [9.17, 15) is 9.18 Å². The first kappa shape index (κ1) is 22.2. The zero-order valence-electron chi connectivity index (χ0n) is 18.5. The molecular formula is C24H30FN5O2. The van der Waals surface area contributed by atoms with Crippen LogP contribution < -0.4 is 10.1 Å². The Balaban J connectivity index is 1.27. The van der Waals surface area contributed by atoms with Crippen LogP contribution in [-0.4, -0.2) is 38.9 Å². The lowest BCUT2D eigenvalue weighted by molar-refractivity contribution is -0.126. The summed E-state index contributed by atoms with van der Waals surface area (Å²) in [4.78, 5) is 12.5. The monoisotopic (exact) mass is 439 g/mol. The zero-order valence-corrected chi connectivity index (χ0v) is 18.5. The van der Waals surface area contributed by atoms with Gasteiger partial charge in [0.15, 0.2) is 11.5 Å². The number of nitrogens with zero attached hydrogens (tertiary/aromatic N) is 4. The van der Waals surface area contributed by atoms with Crippen LogP contribution in [0.15, 0.2) is 36.4 Å². The molecule has 1 N–H and O–H groups in total. The molecule has 1 amide bonds. The zero-order chi connectivity index (χ0) is 22.3. The predicted octanol–water partition coefficient (Wildman–Crippen LogP) is 4.42. The fraction of sp³-hybridized carbons (Fsp3) is 0.500. The van der Waals surface area contributed by atoms with Crippen molar-refractivity contribution in [1.82, 2.24) is 25.1 Å². The molecule has 0 radical (unpaired) electrons. The van der Waals surface area contributed by atoms with Crippen LogP contribution in [0.4, 0.5) is 4.39 Å². The van der Waals surface area contributed by atoms with Crippen molar-refractivity contribution in [2.24, 2.45) is 11.8 Å². The number of nitrogens with one attached hydrogen (secondary N) is 1. The molecule has 1 fully saturated rings. The first-order chi connectivity index (χ1) is 15.6. The molecule has 0 aliphatic heterocycles. The van der Waals surface area contributed by atoms with E-state index in [-0.39, 0.29) is 17.6 Å². The van der Waals surface area contributed by atoms with E-state index in [0.717, 1.165) is 31.6 Å². The molecule has 4 rings (SSSR count).